The monoisotopic (exact) mass is 297 g/mol. The van der Waals surface area contributed by atoms with Crippen LogP contribution in [0.4, 0.5) is 0 Å². The molecule has 1 aliphatic heterocycles. The molecule has 2 aliphatic rings. The molecule has 0 bridgehead atoms. The number of carboxylic acid groups (broad SMARTS) is 1. The van der Waals surface area contributed by atoms with E-state index < -0.39 is 11.5 Å². The number of hydrogen-bond donors (Lipinski definition) is 1. The molecule has 2 rings (SSSR count). The summed E-state index contributed by atoms with van der Waals surface area (Å²) in [4.78, 5) is 25.6. The Bertz CT molecular complexity index is 390. The van der Waals surface area contributed by atoms with Crippen LogP contribution in [0.25, 0.3) is 0 Å². The molecule has 1 heterocycles. The SMILES string of the molecule is CC1CCC(CCC(=O)N(C)C2(C(=O)O)CCCCC2)O1. The zero-order chi connectivity index (χ0) is 15.5. The molecule has 2 unspecified atom stereocenters. The Morgan fingerprint density at radius 1 is 1.24 bits per heavy atom. The molecular weight excluding hydrogens is 270 g/mol. The lowest BCUT2D eigenvalue weighted by Crippen LogP contribution is -2.56. The van der Waals surface area contributed by atoms with Crippen molar-refractivity contribution in [2.45, 2.75) is 82.5 Å². The number of amides is 1. The maximum absolute atomic E-state index is 12.4. The van der Waals surface area contributed by atoms with Gasteiger partial charge in [-0.2, -0.15) is 0 Å². The van der Waals surface area contributed by atoms with Crippen LogP contribution >= 0.6 is 0 Å². The van der Waals surface area contributed by atoms with Crippen molar-refractivity contribution in [2.75, 3.05) is 7.05 Å². The highest BCUT2D eigenvalue weighted by molar-refractivity contribution is 5.87. The molecule has 1 amide bonds. The largest absolute Gasteiger partial charge is 0.479 e. The van der Waals surface area contributed by atoms with Crippen LogP contribution in [-0.4, -0.2) is 46.7 Å². The smallest absolute Gasteiger partial charge is 0.329 e. The van der Waals surface area contributed by atoms with Crippen LogP contribution in [0.2, 0.25) is 0 Å². The Balaban J connectivity index is 1.92. The molecule has 0 spiro atoms. The Hall–Kier alpha value is -1.10. The van der Waals surface area contributed by atoms with Crippen molar-refractivity contribution in [1.29, 1.82) is 0 Å². The normalized spacial score (nSPS) is 28.3. The van der Waals surface area contributed by atoms with E-state index in [9.17, 15) is 14.7 Å². The van der Waals surface area contributed by atoms with Crippen molar-refractivity contribution in [3.63, 3.8) is 0 Å². The standard InChI is InChI=1S/C16H27NO4/c1-12-6-7-13(21-12)8-9-14(18)17(2)16(15(19)20)10-4-3-5-11-16/h12-13H,3-11H2,1-2H3,(H,19,20). The Morgan fingerprint density at radius 2 is 1.90 bits per heavy atom. The van der Waals surface area contributed by atoms with E-state index >= 15 is 0 Å². The van der Waals surface area contributed by atoms with Gasteiger partial charge in [-0.15, -0.1) is 0 Å². The van der Waals surface area contributed by atoms with E-state index in [1.54, 1.807) is 7.05 Å². The van der Waals surface area contributed by atoms with Crippen LogP contribution in [0.3, 0.4) is 0 Å². The molecule has 5 heteroatoms. The van der Waals surface area contributed by atoms with Gasteiger partial charge in [-0.3, -0.25) is 4.79 Å². The number of carbonyl (C=O) groups excluding carboxylic acids is 1. The molecule has 1 saturated carbocycles. The molecule has 1 saturated heterocycles. The lowest BCUT2D eigenvalue weighted by atomic mass is 9.80. The van der Waals surface area contributed by atoms with Crippen LogP contribution in [0.5, 0.6) is 0 Å². The molecule has 0 aromatic rings. The van der Waals surface area contributed by atoms with Crippen molar-refractivity contribution in [1.82, 2.24) is 4.90 Å². The van der Waals surface area contributed by atoms with E-state index in [2.05, 4.69) is 6.92 Å². The number of nitrogens with zero attached hydrogens (tertiary/aromatic N) is 1. The van der Waals surface area contributed by atoms with Crippen LogP contribution in [0.1, 0.15) is 64.7 Å². The van der Waals surface area contributed by atoms with Gasteiger partial charge in [0.2, 0.25) is 5.91 Å². The Morgan fingerprint density at radius 3 is 2.43 bits per heavy atom. The molecule has 2 atom stereocenters. The maximum atomic E-state index is 12.4. The molecule has 0 radical (unpaired) electrons. The molecule has 120 valence electrons. The molecule has 0 aromatic carbocycles. The van der Waals surface area contributed by atoms with E-state index in [0.29, 0.717) is 25.7 Å². The summed E-state index contributed by atoms with van der Waals surface area (Å²) in [5.41, 5.74) is -0.987. The van der Waals surface area contributed by atoms with E-state index in [-0.39, 0.29) is 18.1 Å². The predicted molar refractivity (Wildman–Crippen MR) is 79.0 cm³/mol. The number of likely N-dealkylation sites (N-methyl/N-ethyl adjacent to an activating group) is 1. The number of carbonyl (C=O) groups is 2. The van der Waals surface area contributed by atoms with Gasteiger partial charge in [-0.25, -0.2) is 4.79 Å². The average Bonchev–Trinajstić information content (AvgIpc) is 2.90. The van der Waals surface area contributed by atoms with Crippen molar-refractivity contribution in [2.24, 2.45) is 0 Å². The quantitative estimate of drug-likeness (QED) is 0.847. The summed E-state index contributed by atoms with van der Waals surface area (Å²) in [6.07, 6.45) is 7.53. The minimum Gasteiger partial charge on any atom is -0.479 e. The topological polar surface area (TPSA) is 66.8 Å². The summed E-state index contributed by atoms with van der Waals surface area (Å²) in [7, 11) is 1.65. The summed E-state index contributed by atoms with van der Waals surface area (Å²) in [5.74, 6) is -0.925. The fourth-order valence-corrected chi connectivity index (χ4v) is 3.62. The molecule has 1 aliphatic carbocycles. The highest BCUT2D eigenvalue weighted by Crippen LogP contribution is 2.34. The van der Waals surface area contributed by atoms with Gasteiger partial charge in [0.1, 0.15) is 5.54 Å². The second-order valence-corrected chi connectivity index (χ2v) is 6.53. The van der Waals surface area contributed by atoms with Gasteiger partial charge in [-0.1, -0.05) is 19.3 Å². The summed E-state index contributed by atoms with van der Waals surface area (Å²) in [6, 6.07) is 0. The van der Waals surface area contributed by atoms with E-state index in [4.69, 9.17) is 4.74 Å². The summed E-state index contributed by atoms with van der Waals surface area (Å²) in [5, 5.41) is 9.60. The van der Waals surface area contributed by atoms with E-state index in [0.717, 1.165) is 32.1 Å². The van der Waals surface area contributed by atoms with Gasteiger partial charge < -0.3 is 14.7 Å². The van der Waals surface area contributed by atoms with Crippen molar-refractivity contribution >= 4 is 11.9 Å². The fourth-order valence-electron chi connectivity index (χ4n) is 3.62. The third kappa shape index (κ3) is 3.57. The Kier molecular flexibility index (Phi) is 5.25. The number of ether oxygens (including phenoxy) is 1. The van der Waals surface area contributed by atoms with Gasteiger partial charge in [0, 0.05) is 13.5 Å². The van der Waals surface area contributed by atoms with Crippen molar-refractivity contribution < 1.29 is 19.4 Å². The van der Waals surface area contributed by atoms with Crippen LogP contribution < -0.4 is 0 Å². The molecular formula is C16H27NO4. The minimum absolute atomic E-state index is 0.0672. The van der Waals surface area contributed by atoms with E-state index in [1.807, 2.05) is 0 Å². The predicted octanol–water partition coefficient (Wildman–Crippen LogP) is 2.58. The van der Waals surface area contributed by atoms with Gasteiger partial charge in [0.15, 0.2) is 0 Å². The summed E-state index contributed by atoms with van der Waals surface area (Å²) >= 11 is 0. The number of rotatable bonds is 5. The first kappa shape index (κ1) is 16.3. The zero-order valence-electron chi connectivity index (χ0n) is 13.1. The Labute approximate surface area is 126 Å². The first-order valence-electron chi connectivity index (χ1n) is 8.11. The average molecular weight is 297 g/mol. The van der Waals surface area contributed by atoms with Gasteiger partial charge >= 0.3 is 5.97 Å². The molecule has 21 heavy (non-hydrogen) atoms. The van der Waals surface area contributed by atoms with Gasteiger partial charge in [0.25, 0.3) is 0 Å². The van der Waals surface area contributed by atoms with Crippen LogP contribution in [0.15, 0.2) is 0 Å². The van der Waals surface area contributed by atoms with Gasteiger partial charge in [-0.05, 0) is 39.0 Å². The summed E-state index contributed by atoms with van der Waals surface area (Å²) in [6.45, 7) is 2.05. The van der Waals surface area contributed by atoms with Gasteiger partial charge in [0.05, 0.1) is 12.2 Å². The highest BCUT2D eigenvalue weighted by atomic mass is 16.5. The third-order valence-corrected chi connectivity index (χ3v) is 5.10. The third-order valence-electron chi connectivity index (χ3n) is 5.10. The second kappa shape index (κ2) is 6.77. The molecule has 5 nitrogen and oxygen atoms in total. The maximum Gasteiger partial charge on any atom is 0.329 e. The molecule has 2 fully saturated rings. The molecule has 0 aromatic heterocycles. The van der Waals surface area contributed by atoms with Crippen molar-refractivity contribution in [3.05, 3.63) is 0 Å². The van der Waals surface area contributed by atoms with Crippen molar-refractivity contribution in [3.8, 4) is 0 Å². The number of carboxylic acids is 1. The minimum atomic E-state index is -0.987. The lowest BCUT2D eigenvalue weighted by Gasteiger charge is -2.41. The lowest BCUT2D eigenvalue weighted by molar-refractivity contribution is -0.160. The first-order valence-corrected chi connectivity index (χ1v) is 8.11. The fraction of sp³-hybridized carbons (Fsp3) is 0.875. The second-order valence-electron chi connectivity index (χ2n) is 6.53. The van der Waals surface area contributed by atoms with Crippen LogP contribution in [0, 0.1) is 0 Å². The highest BCUT2D eigenvalue weighted by Gasteiger charge is 2.45. The molecule has 1 N–H and O–H groups in total. The first-order chi connectivity index (χ1) is 9.95. The zero-order valence-corrected chi connectivity index (χ0v) is 13.1. The van der Waals surface area contributed by atoms with E-state index in [1.165, 1.54) is 4.90 Å². The number of aliphatic carboxylic acids is 1. The number of hydrogen-bond acceptors (Lipinski definition) is 3. The summed E-state index contributed by atoms with van der Waals surface area (Å²) < 4.78 is 5.72. The van der Waals surface area contributed by atoms with Crippen LogP contribution in [-0.2, 0) is 14.3 Å².